The van der Waals surface area contributed by atoms with Crippen LogP contribution >= 0.6 is 23.1 Å². The number of carbonyl (C=O) groups is 1. The number of pyridine rings is 1. The summed E-state index contributed by atoms with van der Waals surface area (Å²) in [5, 5.41) is 30.3. The molecule has 0 unspecified atom stereocenters. The van der Waals surface area contributed by atoms with Crippen LogP contribution in [0.25, 0.3) is 0 Å². The fraction of sp³-hybridized carbons (Fsp3) is 0. The Morgan fingerprint density at radius 1 is 1.55 bits per heavy atom. The van der Waals surface area contributed by atoms with E-state index in [0.717, 1.165) is 35.4 Å². The van der Waals surface area contributed by atoms with Crippen molar-refractivity contribution in [2.24, 2.45) is 0 Å². The first-order valence-electron chi connectivity index (χ1n) is 5.05. The molecule has 1 N–H and O–H groups in total. The Morgan fingerprint density at radius 2 is 2.30 bits per heavy atom. The highest BCUT2D eigenvalue weighted by atomic mass is 32.2. The van der Waals surface area contributed by atoms with Crippen LogP contribution in [-0.2, 0) is 0 Å². The number of aromatic carboxylic acids is 1. The highest BCUT2D eigenvalue weighted by Crippen LogP contribution is 2.33. The van der Waals surface area contributed by atoms with Gasteiger partial charge >= 0.3 is 5.97 Å². The van der Waals surface area contributed by atoms with Crippen molar-refractivity contribution in [1.82, 2.24) is 4.98 Å². The average Bonchev–Trinajstić information content (AvgIpc) is 2.87. The lowest BCUT2D eigenvalue weighted by atomic mass is 10.3. The molecule has 0 radical (unpaired) electrons. The van der Waals surface area contributed by atoms with Gasteiger partial charge in [-0.05, 0) is 6.07 Å². The molecular weight excluding hydrogens is 302 g/mol. The van der Waals surface area contributed by atoms with Gasteiger partial charge in [0.25, 0.3) is 5.69 Å². The van der Waals surface area contributed by atoms with E-state index in [-0.39, 0.29) is 16.1 Å². The van der Waals surface area contributed by atoms with Gasteiger partial charge in [-0.25, -0.2) is 9.78 Å². The average molecular weight is 307 g/mol. The predicted molar refractivity (Wildman–Crippen MR) is 71.0 cm³/mol. The van der Waals surface area contributed by atoms with Gasteiger partial charge in [-0.1, -0.05) is 11.8 Å². The molecule has 2 aromatic heterocycles. The number of nitriles is 1. The maximum atomic E-state index is 10.8. The SMILES string of the molecule is N#Cc1cc([N+](=O)[O-])cnc1Sc1csc(C(=O)O)c1. The lowest BCUT2D eigenvalue weighted by Gasteiger charge is -2.00. The second-order valence-electron chi connectivity index (χ2n) is 3.47. The molecule has 0 saturated carbocycles. The standard InChI is InChI=1S/C11H5N3O4S2/c12-3-6-1-7(14(17)18)4-13-10(6)20-8-2-9(11(15)16)19-5-8/h1-2,4-5H,(H,15,16). The molecule has 0 saturated heterocycles. The van der Waals surface area contributed by atoms with Gasteiger partial charge in [-0.2, -0.15) is 5.26 Å². The molecule has 0 aliphatic heterocycles. The van der Waals surface area contributed by atoms with Gasteiger partial charge in [-0.15, -0.1) is 11.3 Å². The first kappa shape index (κ1) is 14.0. The van der Waals surface area contributed by atoms with E-state index in [2.05, 4.69) is 4.98 Å². The number of nitrogens with zero attached hydrogens (tertiary/aromatic N) is 3. The van der Waals surface area contributed by atoms with E-state index in [1.165, 1.54) is 6.07 Å². The molecule has 0 spiro atoms. The number of aromatic nitrogens is 1. The van der Waals surface area contributed by atoms with E-state index in [1.54, 1.807) is 5.38 Å². The van der Waals surface area contributed by atoms with Crippen LogP contribution in [0.2, 0.25) is 0 Å². The first-order valence-corrected chi connectivity index (χ1v) is 6.75. The van der Waals surface area contributed by atoms with Crippen molar-refractivity contribution in [2.75, 3.05) is 0 Å². The first-order chi connectivity index (χ1) is 9.51. The molecular formula is C11H5N3O4S2. The lowest BCUT2D eigenvalue weighted by Crippen LogP contribution is -1.93. The van der Waals surface area contributed by atoms with Gasteiger partial charge in [0.1, 0.15) is 22.2 Å². The van der Waals surface area contributed by atoms with E-state index >= 15 is 0 Å². The van der Waals surface area contributed by atoms with E-state index in [0.29, 0.717) is 9.92 Å². The smallest absolute Gasteiger partial charge is 0.345 e. The third kappa shape index (κ3) is 2.93. The Morgan fingerprint density at radius 3 is 2.85 bits per heavy atom. The number of hydrogen-bond acceptors (Lipinski definition) is 7. The minimum absolute atomic E-state index is 0.0762. The summed E-state index contributed by atoms with van der Waals surface area (Å²) in [6.45, 7) is 0. The minimum Gasteiger partial charge on any atom is -0.477 e. The number of nitro groups is 1. The van der Waals surface area contributed by atoms with Gasteiger partial charge in [0, 0.05) is 16.3 Å². The summed E-state index contributed by atoms with van der Waals surface area (Å²) in [6, 6.07) is 4.44. The monoisotopic (exact) mass is 307 g/mol. The Hall–Kier alpha value is -2.44. The zero-order valence-electron chi connectivity index (χ0n) is 9.64. The second-order valence-corrected chi connectivity index (χ2v) is 5.44. The predicted octanol–water partition coefficient (Wildman–Crippen LogP) is 2.77. The van der Waals surface area contributed by atoms with E-state index < -0.39 is 10.9 Å². The summed E-state index contributed by atoms with van der Waals surface area (Å²) in [5.41, 5.74) is -0.185. The van der Waals surface area contributed by atoms with Crippen LogP contribution in [0.3, 0.4) is 0 Å². The van der Waals surface area contributed by atoms with E-state index in [9.17, 15) is 14.9 Å². The van der Waals surface area contributed by atoms with Crippen LogP contribution in [0.4, 0.5) is 5.69 Å². The fourth-order valence-corrected chi connectivity index (χ4v) is 3.04. The van der Waals surface area contributed by atoms with Crippen molar-refractivity contribution in [3.8, 4) is 6.07 Å². The van der Waals surface area contributed by atoms with Crippen molar-refractivity contribution in [3.05, 3.63) is 44.3 Å². The molecule has 7 nitrogen and oxygen atoms in total. The molecule has 100 valence electrons. The number of carboxylic acids is 1. The van der Waals surface area contributed by atoms with Gasteiger partial charge in [0.05, 0.1) is 10.5 Å². The Kier molecular flexibility index (Phi) is 3.97. The van der Waals surface area contributed by atoms with Crippen LogP contribution in [0.5, 0.6) is 0 Å². The molecule has 0 atom stereocenters. The van der Waals surface area contributed by atoms with Crippen LogP contribution in [0.1, 0.15) is 15.2 Å². The van der Waals surface area contributed by atoms with E-state index in [1.807, 2.05) is 6.07 Å². The number of thiophene rings is 1. The van der Waals surface area contributed by atoms with Gasteiger partial charge in [0.2, 0.25) is 0 Å². The number of carboxylic acid groups (broad SMARTS) is 1. The van der Waals surface area contributed by atoms with Crippen LogP contribution in [-0.4, -0.2) is 21.0 Å². The van der Waals surface area contributed by atoms with Crippen molar-refractivity contribution in [1.29, 1.82) is 5.26 Å². The molecule has 0 aromatic carbocycles. The summed E-state index contributed by atoms with van der Waals surface area (Å²) >= 11 is 2.15. The highest BCUT2D eigenvalue weighted by molar-refractivity contribution is 7.99. The molecule has 0 fully saturated rings. The van der Waals surface area contributed by atoms with Crippen LogP contribution < -0.4 is 0 Å². The van der Waals surface area contributed by atoms with Crippen molar-refractivity contribution >= 4 is 34.8 Å². The minimum atomic E-state index is -1.03. The zero-order valence-corrected chi connectivity index (χ0v) is 11.3. The molecule has 2 heterocycles. The molecule has 0 bridgehead atoms. The summed E-state index contributed by atoms with van der Waals surface area (Å²) in [7, 11) is 0. The van der Waals surface area contributed by atoms with Crippen LogP contribution in [0, 0.1) is 21.4 Å². The molecule has 0 aliphatic carbocycles. The Balaban J connectivity index is 2.31. The topological polar surface area (TPSA) is 117 Å². The van der Waals surface area contributed by atoms with Crippen LogP contribution in [0.15, 0.2) is 33.6 Å². The van der Waals surface area contributed by atoms with Gasteiger partial charge < -0.3 is 5.11 Å². The maximum absolute atomic E-state index is 10.8. The fourth-order valence-electron chi connectivity index (χ4n) is 1.30. The van der Waals surface area contributed by atoms with Gasteiger partial charge in [0.15, 0.2) is 0 Å². The Labute approximate surface area is 120 Å². The van der Waals surface area contributed by atoms with Crippen molar-refractivity contribution < 1.29 is 14.8 Å². The van der Waals surface area contributed by atoms with E-state index in [4.69, 9.17) is 10.4 Å². The third-order valence-corrected chi connectivity index (χ3v) is 4.23. The molecule has 2 rings (SSSR count). The lowest BCUT2D eigenvalue weighted by molar-refractivity contribution is -0.385. The second kappa shape index (κ2) is 5.68. The highest BCUT2D eigenvalue weighted by Gasteiger charge is 2.14. The summed E-state index contributed by atoms with van der Waals surface area (Å²) in [6.07, 6.45) is 1.06. The molecule has 20 heavy (non-hydrogen) atoms. The molecule has 9 heteroatoms. The van der Waals surface area contributed by atoms with Crippen molar-refractivity contribution in [2.45, 2.75) is 9.92 Å². The Bertz CT molecular complexity index is 736. The largest absolute Gasteiger partial charge is 0.477 e. The summed E-state index contributed by atoms with van der Waals surface area (Å²) < 4.78 is 0. The molecule has 0 amide bonds. The summed E-state index contributed by atoms with van der Waals surface area (Å²) in [4.78, 5) is 25.4. The molecule has 0 aliphatic rings. The quantitative estimate of drug-likeness (QED) is 0.681. The number of hydrogen-bond donors (Lipinski definition) is 1. The third-order valence-electron chi connectivity index (χ3n) is 2.17. The maximum Gasteiger partial charge on any atom is 0.345 e. The normalized spacial score (nSPS) is 9.95. The summed E-state index contributed by atoms with van der Waals surface area (Å²) in [5.74, 6) is -1.03. The van der Waals surface area contributed by atoms with Gasteiger partial charge in [-0.3, -0.25) is 10.1 Å². The van der Waals surface area contributed by atoms with Crippen molar-refractivity contribution in [3.63, 3.8) is 0 Å². The molecule has 2 aromatic rings. The number of rotatable bonds is 4. The zero-order chi connectivity index (χ0) is 14.7.